The Morgan fingerprint density at radius 2 is 1.89 bits per heavy atom. The number of benzene rings is 1. The highest BCUT2D eigenvalue weighted by molar-refractivity contribution is 6.52. The Kier molecular flexibility index (Phi) is 2.86. The van der Waals surface area contributed by atoms with Gasteiger partial charge >= 0.3 is 6.18 Å². The third-order valence-electron chi connectivity index (χ3n) is 2.65. The molecule has 0 saturated carbocycles. The second-order valence-electron chi connectivity index (χ2n) is 3.80. The number of nitrogens with two attached hydrogens (primary N) is 1. The van der Waals surface area contributed by atoms with Gasteiger partial charge in [-0.15, -0.1) is 0 Å². The summed E-state index contributed by atoms with van der Waals surface area (Å²) in [7, 11) is 0. The van der Waals surface area contributed by atoms with Gasteiger partial charge in [0.25, 0.3) is 11.7 Å². The molecule has 1 amide bonds. The van der Waals surface area contributed by atoms with E-state index in [1.54, 1.807) is 0 Å². The average Bonchev–Trinajstić information content (AvgIpc) is 2.54. The van der Waals surface area contributed by atoms with Crippen molar-refractivity contribution in [3.05, 3.63) is 29.3 Å². The number of halogens is 3. The summed E-state index contributed by atoms with van der Waals surface area (Å²) in [6.45, 7) is 0.225. The van der Waals surface area contributed by atoms with E-state index >= 15 is 0 Å². The highest BCUT2D eigenvalue weighted by Gasteiger charge is 2.38. The lowest BCUT2D eigenvalue weighted by molar-refractivity contribution is -0.137. The van der Waals surface area contributed by atoms with Gasteiger partial charge in [-0.25, -0.2) is 0 Å². The third-order valence-corrected chi connectivity index (χ3v) is 2.65. The minimum absolute atomic E-state index is 0.100. The van der Waals surface area contributed by atoms with E-state index in [0.29, 0.717) is 6.07 Å². The largest absolute Gasteiger partial charge is 0.416 e. The summed E-state index contributed by atoms with van der Waals surface area (Å²) in [6.07, 6.45) is -4.54. The molecule has 0 aliphatic carbocycles. The van der Waals surface area contributed by atoms with E-state index in [2.05, 4.69) is 0 Å². The van der Waals surface area contributed by atoms with Crippen LogP contribution in [0.25, 0.3) is 0 Å². The summed E-state index contributed by atoms with van der Waals surface area (Å²) in [5, 5.41) is 0. The smallest absolute Gasteiger partial charge is 0.329 e. The molecule has 0 bridgehead atoms. The first-order valence-corrected chi connectivity index (χ1v) is 5.13. The van der Waals surface area contributed by atoms with Crippen molar-refractivity contribution in [2.45, 2.75) is 6.18 Å². The van der Waals surface area contributed by atoms with Crippen molar-refractivity contribution < 1.29 is 22.8 Å². The zero-order valence-corrected chi connectivity index (χ0v) is 9.12. The van der Waals surface area contributed by atoms with Crippen LogP contribution in [0.3, 0.4) is 0 Å². The van der Waals surface area contributed by atoms with Crippen molar-refractivity contribution in [2.24, 2.45) is 5.73 Å². The normalized spacial score (nSPS) is 15.2. The monoisotopic (exact) mass is 258 g/mol. The molecule has 2 rings (SSSR count). The summed E-state index contributed by atoms with van der Waals surface area (Å²) in [6, 6.07) is 2.66. The fourth-order valence-corrected chi connectivity index (χ4v) is 1.83. The maximum Gasteiger partial charge on any atom is 0.416 e. The zero-order chi connectivity index (χ0) is 13.5. The molecule has 4 nitrogen and oxygen atoms in total. The van der Waals surface area contributed by atoms with Gasteiger partial charge in [0.05, 0.1) is 16.8 Å². The lowest BCUT2D eigenvalue weighted by atomic mass is 10.1. The lowest BCUT2D eigenvalue weighted by Crippen LogP contribution is -2.34. The molecule has 18 heavy (non-hydrogen) atoms. The van der Waals surface area contributed by atoms with Crippen LogP contribution >= 0.6 is 0 Å². The van der Waals surface area contributed by atoms with Crippen LogP contribution in [0.4, 0.5) is 18.9 Å². The molecule has 1 heterocycles. The number of alkyl halides is 3. The molecular formula is C11H9F3N2O2. The first-order valence-electron chi connectivity index (χ1n) is 5.13. The molecule has 0 saturated heterocycles. The summed E-state index contributed by atoms with van der Waals surface area (Å²) < 4.78 is 37.5. The molecule has 7 heteroatoms. The summed E-state index contributed by atoms with van der Waals surface area (Å²) >= 11 is 0. The summed E-state index contributed by atoms with van der Waals surface area (Å²) in [4.78, 5) is 24.2. The Bertz CT molecular complexity index is 526. The quantitative estimate of drug-likeness (QED) is 0.810. The number of amides is 1. The molecule has 1 aliphatic rings. The number of hydrogen-bond donors (Lipinski definition) is 1. The molecule has 0 fully saturated rings. The Morgan fingerprint density at radius 3 is 2.44 bits per heavy atom. The van der Waals surface area contributed by atoms with Gasteiger partial charge in [0.2, 0.25) is 0 Å². The Morgan fingerprint density at radius 1 is 1.22 bits per heavy atom. The zero-order valence-electron chi connectivity index (χ0n) is 9.12. The van der Waals surface area contributed by atoms with Crippen molar-refractivity contribution in [2.75, 3.05) is 18.0 Å². The Labute approximate surface area is 100 Å². The van der Waals surface area contributed by atoms with Crippen LogP contribution in [-0.2, 0) is 11.0 Å². The highest BCUT2D eigenvalue weighted by Crippen LogP contribution is 2.35. The number of ketones is 1. The number of carbonyl (C=O) groups excluding carboxylic acids is 2. The van der Waals surface area contributed by atoms with Crippen LogP contribution in [0.2, 0.25) is 0 Å². The standard InChI is InChI=1S/C11H9F3N2O2/c12-11(13,14)6-1-2-8-7(5-6)9(17)10(18)16(8)4-3-15/h1-2,5H,3-4,15H2. The maximum absolute atomic E-state index is 12.5. The SMILES string of the molecule is NCCN1C(=O)C(=O)c2cc(C(F)(F)F)ccc21. The molecule has 0 unspecified atom stereocenters. The predicted molar refractivity (Wildman–Crippen MR) is 57.2 cm³/mol. The Balaban J connectivity index is 2.50. The van der Waals surface area contributed by atoms with E-state index in [1.807, 2.05) is 0 Å². The van der Waals surface area contributed by atoms with Crippen LogP contribution in [0.5, 0.6) is 0 Å². The lowest BCUT2D eigenvalue weighted by Gasteiger charge is -2.15. The molecule has 1 aromatic carbocycles. The van der Waals surface area contributed by atoms with Gasteiger partial charge in [-0.3, -0.25) is 9.59 Å². The van der Waals surface area contributed by atoms with Gasteiger partial charge in [-0.05, 0) is 18.2 Å². The first kappa shape index (κ1) is 12.6. The van der Waals surface area contributed by atoms with Crippen molar-refractivity contribution in [1.29, 1.82) is 0 Å². The van der Waals surface area contributed by atoms with Crippen molar-refractivity contribution in [1.82, 2.24) is 0 Å². The highest BCUT2D eigenvalue weighted by atomic mass is 19.4. The number of hydrogen-bond acceptors (Lipinski definition) is 3. The Hall–Kier alpha value is -1.89. The molecular weight excluding hydrogens is 249 g/mol. The maximum atomic E-state index is 12.5. The number of Topliss-reactive ketones (excluding diaryl/α,β-unsaturated/α-hetero) is 1. The molecule has 2 N–H and O–H groups in total. The van der Waals surface area contributed by atoms with Crippen molar-refractivity contribution >= 4 is 17.4 Å². The molecule has 1 aliphatic heterocycles. The number of carbonyl (C=O) groups is 2. The molecule has 0 radical (unpaired) electrons. The van der Waals surface area contributed by atoms with E-state index < -0.39 is 23.4 Å². The fraction of sp³-hybridized carbons (Fsp3) is 0.273. The third kappa shape index (κ3) is 1.86. The number of rotatable bonds is 2. The summed E-state index contributed by atoms with van der Waals surface area (Å²) in [5.41, 5.74) is 4.30. The molecule has 0 aromatic heterocycles. The topological polar surface area (TPSA) is 63.4 Å². The van der Waals surface area contributed by atoms with E-state index in [-0.39, 0.29) is 24.3 Å². The predicted octanol–water partition coefficient (Wildman–Crippen LogP) is 1.19. The fourth-order valence-electron chi connectivity index (χ4n) is 1.83. The second kappa shape index (κ2) is 4.09. The van der Waals surface area contributed by atoms with Gasteiger partial charge in [0.15, 0.2) is 0 Å². The number of fused-ring (bicyclic) bond motifs is 1. The van der Waals surface area contributed by atoms with Gasteiger partial charge in [-0.2, -0.15) is 13.2 Å². The van der Waals surface area contributed by atoms with Gasteiger partial charge in [0.1, 0.15) is 0 Å². The molecule has 0 atom stereocenters. The number of anilines is 1. The molecule has 0 spiro atoms. The van der Waals surface area contributed by atoms with E-state index in [9.17, 15) is 22.8 Å². The van der Waals surface area contributed by atoms with Crippen LogP contribution in [0.15, 0.2) is 18.2 Å². The minimum atomic E-state index is -4.54. The molecule has 1 aromatic rings. The van der Waals surface area contributed by atoms with Crippen LogP contribution in [-0.4, -0.2) is 24.8 Å². The van der Waals surface area contributed by atoms with Gasteiger partial charge in [0, 0.05) is 13.1 Å². The van der Waals surface area contributed by atoms with Crippen LogP contribution in [0, 0.1) is 0 Å². The first-order chi connectivity index (χ1) is 8.36. The van der Waals surface area contributed by atoms with E-state index in [0.717, 1.165) is 17.0 Å². The summed E-state index contributed by atoms with van der Waals surface area (Å²) in [5.74, 6) is -1.76. The second-order valence-corrected chi connectivity index (χ2v) is 3.80. The number of nitrogens with zero attached hydrogens (tertiary/aromatic N) is 1. The van der Waals surface area contributed by atoms with E-state index in [1.165, 1.54) is 0 Å². The average molecular weight is 258 g/mol. The molecule has 96 valence electrons. The van der Waals surface area contributed by atoms with Crippen LogP contribution in [0.1, 0.15) is 15.9 Å². The van der Waals surface area contributed by atoms with Crippen molar-refractivity contribution in [3.8, 4) is 0 Å². The van der Waals surface area contributed by atoms with Gasteiger partial charge in [-0.1, -0.05) is 0 Å². The van der Waals surface area contributed by atoms with Gasteiger partial charge < -0.3 is 10.6 Å². The minimum Gasteiger partial charge on any atom is -0.329 e. The van der Waals surface area contributed by atoms with Crippen molar-refractivity contribution in [3.63, 3.8) is 0 Å². The van der Waals surface area contributed by atoms with E-state index in [4.69, 9.17) is 5.73 Å². The van der Waals surface area contributed by atoms with Crippen LogP contribution < -0.4 is 10.6 Å².